The zero-order valence-electron chi connectivity index (χ0n) is 10.2. The third-order valence-corrected chi connectivity index (χ3v) is 3.66. The molecule has 0 heterocycles. The fourth-order valence-electron chi connectivity index (χ4n) is 2.44. The van der Waals surface area contributed by atoms with Crippen LogP contribution in [0, 0.1) is 11.8 Å². The SMILES string of the molecule is CCN(CC)C(=O)C1CCC(N)C(C)C1. The van der Waals surface area contributed by atoms with E-state index in [9.17, 15) is 4.79 Å². The minimum atomic E-state index is 0.222. The molecule has 3 atom stereocenters. The van der Waals surface area contributed by atoms with Crippen LogP contribution in [0.4, 0.5) is 0 Å². The number of amides is 1. The minimum Gasteiger partial charge on any atom is -0.343 e. The summed E-state index contributed by atoms with van der Waals surface area (Å²) in [6.07, 6.45) is 2.94. The number of nitrogens with zero attached hydrogens (tertiary/aromatic N) is 1. The van der Waals surface area contributed by atoms with E-state index < -0.39 is 0 Å². The van der Waals surface area contributed by atoms with E-state index in [0.29, 0.717) is 17.9 Å². The van der Waals surface area contributed by atoms with Gasteiger partial charge in [-0.15, -0.1) is 0 Å². The quantitative estimate of drug-likeness (QED) is 0.772. The summed E-state index contributed by atoms with van der Waals surface area (Å²) in [5.41, 5.74) is 5.96. The average Bonchev–Trinajstić information content (AvgIpc) is 2.23. The molecule has 1 amide bonds. The smallest absolute Gasteiger partial charge is 0.225 e. The molecule has 1 saturated carbocycles. The van der Waals surface area contributed by atoms with Crippen molar-refractivity contribution in [1.29, 1.82) is 0 Å². The van der Waals surface area contributed by atoms with Gasteiger partial charge < -0.3 is 10.6 Å². The van der Waals surface area contributed by atoms with Gasteiger partial charge in [-0.2, -0.15) is 0 Å². The van der Waals surface area contributed by atoms with E-state index in [1.807, 2.05) is 18.7 Å². The normalized spacial score (nSPS) is 31.3. The van der Waals surface area contributed by atoms with Crippen molar-refractivity contribution in [2.24, 2.45) is 17.6 Å². The second kappa shape index (κ2) is 5.50. The van der Waals surface area contributed by atoms with Crippen molar-refractivity contribution in [1.82, 2.24) is 4.90 Å². The lowest BCUT2D eigenvalue weighted by Crippen LogP contribution is -2.42. The van der Waals surface area contributed by atoms with Gasteiger partial charge in [-0.3, -0.25) is 4.79 Å². The van der Waals surface area contributed by atoms with Crippen LogP contribution in [-0.2, 0) is 4.79 Å². The van der Waals surface area contributed by atoms with Crippen molar-refractivity contribution in [3.8, 4) is 0 Å². The van der Waals surface area contributed by atoms with Crippen LogP contribution in [0.5, 0.6) is 0 Å². The van der Waals surface area contributed by atoms with Gasteiger partial charge in [0.25, 0.3) is 0 Å². The molecule has 1 fully saturated rings. The Hall–Kier alpha value is -0.570. The maximum atomic E-state index is 12.1. The zero-order valence-corrected chi connectivity index (χ0v) is 10.2. The standard InChI is InChI=1S/C12H24N2O/c1-4-14(5-2)12(15)10-6-7-11(13)9(3)8-10/h9-11H,4-8,13H2,1-3H3. The number of hydrogen-bond acceptors (Lipinski definition) is 2. The van der Waals surface area contributed by atoms with Gasteiger partial charge in [0.2, 0.25) is 5.91 Å². The topological polar surface area (TPSA) is 46.3 Å². The summed E-state index contributed by atoms with van der Waals surface area (Å²) in [5.74, 6) is 1.04. The number of carbonyl (C=O) groups excluding carboxylic acids is 1. The maximum absolute atomic E-state index is 12.1. The Bertz CT molecular complexity index is 214. The highest BCUT2D eigenvalue weighted by atomic mass is 16.2. The fourth-order valence-corrected chi connectivity index (χ4v) is 2.44. The molecule has 0 spiro atoms. The summed E-state index contributed by atoms with van der Waals surface area (Å²) in [7, 11) is 0. The lowest BCUT2D eigenvalue weighted by molar-refractivity contribution is -0.136. The summed E-state index contributed by atoms with van der Waals surface area (Å²) in [4.78, 5) is 14.0. The largest absolute Gasteiger partial charge is 0.343 e. The van der Waals surface area contributed by atoms with Crippen LogP contribution in [0.15, 0.2) is 0 Å². The highest BCUT2D eigenvalue weighted by Gasteiger charge is 2.31. The Morgan fingerprint density at radius 3 is 2.40 bits per heavy atom. The first-order chi connectivity index (χ1) is 7.10. The summed E-state index contributed by atoms with van der Waals surface area (Å²) in [6, 6.07) is 0.297. The molecule has 0 aliphatic heterocycles. The van der Waals surface area contributed by atoms with E-state index in [1.165, 1.54) is 0 Å². The molecule has 1 aliphatic rings. The maximum Gasteiger partial charge on any atom is 0.225 e. The van der Waals surface area contributed by atoms with Crippen LogP contribution >= 0.6 is 0 Å². The molecule has 1 rings (SSSR count). The van der Waals surface area contributed by atoms with E-state index in [4.69, 9.17) is 5.73 Å². The Balaban J connectivity index is 2.53. The van der Waals surface area contributed by atoms with E-state index in [1.54, 1.807) is 0 Å². The Labute approximate surface area is 93.0 Å². The molecular formula is C12H24N2O. The van der Waals surface area contributed by atoms with Crippen LogP contribution in [-0.4, -0.2) is 29.9 Å². The first-order valence-corrected chi connectivity index (χ1v) is 6.14. The number of hydrogen-bond donors (Lipinski definition) is 1. The third-order valence-electron chi connectivity index (χ3n) is 3.66. The summed E-state index contributed by atoms with van der Waals surface area (Å²) in [6.45, 7) is 7.89. The van der Waals surface area contributed by atoms with Crippen LogP contribution in [0.1, 0.15) is 40.0 Å². The van der Waals surface area contributed by atoms with Crippen molar-refractivity contribution >= 4 is 5.91 Å². The van der Waals surface area contributed by atoms with Crippen LogP contribution < -0.4 is 5.73 Å². The molecule has 0 aromatic rings. The van der Waals surface area contributed by atoms with Gasteiger partial charge in [0, 0.05) is 25.0 Å². The summed E-state index contributed by atoms with van der Waals surface area (Å²) < 4.78 is 0. The van der Waals surface area contributed by atoms with Gasteiger partial charge in [-0.05, 0) is 39.0 Å². The lowest BCUT2D eigenvalue weighted by Gasteiger charge is -2.33. The zero-order chi connectivity index (χ0) is 11.4. The van der Waals surface area contributed by atoms with Gasteiger partial charge in [0.1, 0.15) is 0 Å². The van der Waals surface area contributed by atoms with Crippen molar-refractivity contribution < 1.29 is 4.79 Å². The molecule has 0 saturated heterocycles. The van der Waals surface area contributed by atoms with Gasteiger partial charge in [-0.1, -0.05) is 6.92 Å². The second-order valence-corrected chi connectivity index (χ2v) is 4.66. The van der Waals surface area contributed by atoms with Gasteiger partial charge in [0.05, 0.1) is 0 Å². The van der Waals surface area contributed by atoms with Gasteiger partial charge in [0.15, 0.2) is 0 Å². The Morgan fingerprint density at radius 1 is 1.33 bits per heavy atom. The molecule has 3 heteroatoms. The molecule has 3 nitrogen and oxygen atoms in total. The molecule has 0 radical (unpaired) electrons. The third kappa shape index (κ3) is 2.94. The fraction of sp³-hybridized carbons (Fsp3) is 0.917. The summed E-state index contributed by atoms with van der Waals surface area (Å²) >= 11 is 0. The molecule has 2 N–H and O–H groups in total. The minimum absolute atomic E-state index is 0.222. The number of carbonyl (C=O) groups is 1. The molecule has 0 bridgehead atoms. The predicted molar refractivity (Wildman–Crippen MR) is 62.4 cm³/mol. The highest BCUT2D eigenvalue weighted by Crippen LogP contribution is 2.29. The van der Waals surface area contributed by atoms with E-state index in [-0.39, 0.29) is 5.92 Å². The van der Waals surface area contributed by atoms with Crippen molar-refractivity contribution in [3.05, 3.63) is 0 Å². The van der Waals surface area contributed by atoms with Gasteiger partial charge in [-0.25, -0.2) is 0 Å². The Morgan fingerprint density at radius 2 is 1.93 bits per heavy atom. The second-order valence-electron chi connectivity index (χ2n) is 4.66. The summed E-state index contributed by atoms with van der Waals surface area (Å²) in [5, 5.41) is 0. The number of nitrogens with two attached hydrogens (primary N) is 1. The van der Waals surface area contributed by atoms with E-state index >= 15 is 0 Å². The lowest BCUT2D eigenvalue weighted by atomic mass is 9.79. The monoisotopic (exact) mass is 212 g/mol. The van der Waals surface area contributed by atoms with Crippen molar-refractivity contribution in [3.63, 3.8) is 0 Å². The molecule has 88 valence electrons. The molecular weight excluding hydrogens is 188 g/mol. The van der Waals surface area contributed by atoms with E-state index in [2.05, 4.69) is 6.92 Å². The van der Waals surface area contributed by atoms with E-state index in [0.717, 1.165) is 32.4 Å². The van der Waals surface area contributed by atoms with Gasteiger partial charge >= 0.3 is 0 Å². The van der Waals surface area contributed by atoms with Crippen molar-refractivity contribution in [2.45, 2.75) is 46.1 Å². The highest BCUT2D eigenvalue weighted by molar-refractivity contribution is 5.78. The first kappa shape index (κ1) is 12.5. The Kier molecular flexibility index (Phi) is 4.58. The predicted octanol–water partition coefficient (Wildman–Crippen LogP) is 1.62. The average molecular weight is 212 g/mol. The molecule has 3 unspecified atom stereocenters. The van der Waals surface area contributed by atoms with Crippen LogP contribution in [0.2, 0.25) is 0 Å². The molecule has 0 aromatic heterocycles. The molecule has 15 heavy (non-hydrogen) atoms. The molecule has 1 aliphatic carbocycles. The van der Waals surface area contributed by atoms with Crippen molar-refractivity contribution in [2.75, 3.05) is 13.1 Å². The number of rotatable bonds is 3. The van der Waals surface area contributed by atoms with Crippen LogP contribution in [0.25, 0.3) is 0 Å². The van der Waals surface area contributed by atoms with Crippen LogP contribution in [0.3, 0.4) is 0 Å². The molecule has 0 aromatic carbocycles. The first-order valence-electron chi connectivity index (χ1n) is 6.14.